The number of amidine groups is 1. The summed E-state index contributed by atoms with van der Waals surface area (Å²) in [5, 5.41) is 7.20. The normalized spacial score (nSPS) is 11.7. The van der Waals surface area contributed by atoms with E-state index < -0.39 is 17.6 Å². The molecule has 21 heavy (non-hydrogen) atoms. The van der Waals surface area contributed by atoms with Crippen LogP contribution in [0.4, 0.5) is 13.2 Å². The van der Waals surface area contributed by atoms with Crippen molar-refractivity contribution in [2.24, 2.45) is 5.73 Å². The number of hydrogen-bond donors (Lipinski definition) is 2. The summed E-state index contributed by atoms with van der Waals surface area (Å²) in [6.45, 7) is 6.68. The smallest absolute Gasteiger partial charge is 0.417 e. The van der Waals surface area contributed by atoms with Gasteiger partial charge in [-0.15, -0.1) is 0 Å². The molecule has 1 rings (SSSR count). The van der Waals surface area contributed by atoms with E-state index in [0.29, 0.717) is 13.2 Å². The second-order valence-corrected chi connectivity index (χ2v) is 4.49. The van der Waals surface area contributed by atoms with Crippen LogP contribution in [0.5, 0.6) is 5.75 Å². The summed E-state index contributed by atoms with van der Waals surface area (Å²) in [5.41, 5.74) is 3.89. The van der Waals surface area contributed by atoms with Gasteiger partial charge in [0.05, 0.1) is 5.56 Å². The fraction of sp³-hybridized carbons (Fsp3) is 0.500. The van der Waals surface area contributed by atoms with Crippen molar-refractivity contribution in [2.45, 2.75) is 20.0 Å². The number of rotatable bonds is 7. The first-order valence-corrected chi connectivity index (χ1v) is 6.70. The van der Waals surface area contributed by atoms with E-state index in [0.717, 1.165) is 25.2 Å². The molecule has 3 N–H and O–H groups in total. The highest BCUT2D eigenvalue weighted by molar-refractivity contribution is 5.96. The average Bonchev–Trinajstić information content (AvgIpc) is 2.42. The summed E-state index contributed by atoms with van der Waals surface area (Å²) in [5.74, 6) is -0.489. The zero-order chi connectivity index (χ0) is 16.0. The quantitative estimate of drug-likeness (QED) is 0.601. The molecule has 0 aliphatic heterocycles. The van der Waals surface area contributed by atoms with Crippen LogP contribution >= 0.6 is 0 Å². The molecule has 0 unspecified atom stereocenters. The Hall–Kier alpha value is -1.76. The molecule has 0 aliphatic carbocycles. The van der Waals surface area contributed by atoms with E-state index in [1.54, 1.807) is 0 Å². The fourth-order valence-electron chi connectivity index (χ4n) is 1.91. The number of alkyl halides is 3. The number of benzene rings is 1. The number of likely N-dealkylation sites (N-methyl/N-ethyl adjacent to an activating group) is 1. The van der Waals surface area contributed by atoms with Gasteiger partial charge < -0.3 is 15.4 Å². The van der Waals surface area contributed by atoms with Gasteiger partial charge in [-0.25, -0.2) is 0 Å². The zero-order valence-corrected chi connectivity index (χ0v) is 12.1. The van der Waals surface area contributed by atoms with E-state index >= 15 is 0 Å². The molecule has 0 spiro atoms. The Morgan fingerprint density at radius 1 is 1.29 bits per heavy atom. The van der Waals surface area contributed by atoms with E-state index in [9.17, 15) is 13.2 Å². The fourth-order valence-corrected chi connectivity index (χ4v) is 1.91. The van der Waals surface area contributed by atoms with Gasteiger partial charge in [-0.05, 0) is 31.3 Å². The second kappa shape index (κ2) is 7.31. The number of ether oxygens (including phenoxy) is 1. The van der Waals surface area contributed by atoms with Crippen LogP contribution in [0.15, 0.2) is 18.2 Å². The third kappa shape index (κ3) is 4.93. The maximum atomic E-state index is 12.9. The second-order valence-electron chi connectivity index (χ2n) is 4.49. The van der Waals surface area contributed by atoms with Gasteiger partial charge in [0.1, 0.15) is 18.2 Å². The molecule has 0 saturated carbocycles. The highest BCUT2D eigenvalue weighted by atomic mass is 19.4. The van der Waals surface area contributed by atoms with Crippen molar-refractivity contribution in [1.29, 1.82) is 5.41 Å². The van der Waals surface area contributed by atoms with Gasteiger partial charge in [-0.2, -0.15) is 13.2 Å². The Balaban J connectivity index is 2.84. The zero-order valence-electron chi connectivity index (χ0n) is 12.1. The lowest BCUT2D eigenvalue weighted by atomic mass is 10.1. The van der Waals surface area contributed by atoms with Gasteiger partial charge in [0.25, 0.3) is 0 Å². The largest absolute Gasteiger partial charge is 0.492 e. The van der Waals surface area contributed by atoms with E-state index in [4.69, 9.17) is 15.9 Å². The predicted molar refractivity (Wildman–Crippen MR) is 75.7 cm³/mol. The van der Waals surface area contributed by atoms with Crippen molar-refractivity contribution in [3.05, 3.63) is 29.3 Å². The molecular weight excluding hydrogens is 283 g/mol. The first-order valence-electron chi connectivity index (χ1n) is 6.70. The van der Waals surface area contributed by atoms with Gasteiger partial charge in [-0.3, -0.25) is 5.41 Å². The highest BCUT2D eigenvalue weighted by Crippen LogP contribution is 2.34. The lowest BCUT2D eigenvalue weighted by Gasteiger charge is -2.19. The van der Waals surface area contributed by atoms with Crippen LogP contribution in [0.25, 0.3) is 0 Å². The lowest BCUT2D eigenvalue weighted by Crippen LogP contribution is -2.28. The molecule has 0 fully saturated rings. The minimum Gasteiger partial charge on any atom is -0.492 e. The SMILES string of the molecule is CCN(CC)CCOc1ccc(C(=N)N)c(C(F)(F)F)c1. The van der Waals surface area contributed by atoms with Crippen molar-refractivity contribution < 1.29 is 17.9 Å². The molecule has 118 valence electrons. The number of nitrogens with zero attached hydrogens (tertiary/aromatic N) is 1. The molecule has 0 atom stereocenters. The van der Waals surface area contributed by atoms with Crippen molar-refractivity contribution in [3.8, 4) is 5.75 Å². The maximum absolute atomic E-state index is 12.9. The number of hydrogen-bond acceptors (Lipinski definition) is 3. The molecule has 7 heteroatoms. The molecule has 0 radical (unpaired) electrons. The molecule has 0 heterocycles. The number of halogens is 3. The molecule has 0 saturated heterocycles. The van der Waals surface area contributed by atoms with Crippen molar-refractivity contribution in [3.63, 3.8) is 0 Å². The Bertz CT molecular complexity index is 485. The summed E-state index contributed by atoms with van der Waals surface area (Å²) in [7, 11) is 0. The molecule has 4 nitrogen and oxygen atoms in total. The minimum absolute atomic E-state index is 0.125. The number of nitrogens with one attached hydrogen (secondary N) is 1. The van der Waals surface area contributed by atoms with E-state index in [1.165, 1.54) is 6.07 Å². The maximum Gasteiger partial charge on any atom is 0.417 e. The lowest BCUT2D eigenvalue weighted by molar-refractivity contribution is -0.137. The van der Waals surface area contributed by atoms with Crippen LogP contribution in [-0.2, 0) is 6.18 Å². The topological polar surface area (TPSA) is 62.3 Å². The standard InChI is InChI=1S/C14H20F3N3O/c1-3-20(4-2)7-8-21-10-5-6-11(13(18)19)12(9-10)14(15,16)17/h5-6,9H,3-4,7-8H2,1-2H3,(H3,18,19). The average molecular weight is 303 g/mol. The molecule has 0 aromatic heterocycles. The predicted octanol–water partition coefficient (Wildman–Crippen LogP) is 2.71. The molecule has 0 amide bonds. The van der Waals surface area contributed by atoms with Crippen molar-refractivity contribution in [1.82, 2.24) is 4.90 Å². The summed E-state index contributed by atoms with van der Waals surface area (Å²) in [4.78, 5) is 2.11. The van der Waals surface area contributed by atoms with Gasteiger partial charge >= 0.3 is 6.18 Å². The van der Waals surface area contributed by atoms with Crippen LogP contribution in [0.2, 0.25) is 0 Å². The minimum atomic E-state index is -4.57. The van der Waals surface area contributed by atoms with Gasteiger partial charge in [0, 0.05) is 12.1 Å². The van der Waals surface area contributed by atoms with Crippen molar-refractivity contribution >= 4 is 5.84 Å². The van der Waals surface area contributed by atoms with Crippen molar-refractivity contribution in [2.75, 3.05) is 26.2 Å². The van der Waals surface area contributed by atoms with Crippen LogP contribution in [0, 0.1) is 5.41 Å². The van der Waals surface area contributed by atoms with E-state index in [2.05, 4.69) is 4.90 Å². The molecule has 1 aromatic rings. The number of nitrogen functional groups attached to an aromatic ring is 1. The van der Waals surface area contributed by atoms with Gasteiger partial charge in [-0.1, -0.05) is 13.8 Å². The van der Waals surface area contributed by atoms with E-state index in [1.807, 2.05) is 13.8 Å². The van der Waals surface area contributed by atoms with Gasteiger partial charge in [0.15, 0.2) is 0 Å². The molecule has 0 bridgehead atoms. The third-order valence-corrected chi connectivity index (χ3v) is 3.16. The highest BCUT2D eigenvalue weighted by Gasteiger charge is 2.34. The summed E-state index contributed by atoms with van der Waals surface area (Å²) >= 11 is 0. The van der Waals surface area contributed by atoms with Crippen LogP contribution < -0.4 is 10.5 Å². The van der Waals surface area contributed by atoms with Crippen LogP contribution in [-0.4, -0.2) is 37.0 Å². The Morgan fingerprint density at radius 2 is 1.90 bits per heavy atom. The van der Waals surface area contributed by atoms with E-state index in [-0.39, 0.29) is 11.3 Å². The monoisotopic (exact) mass is 303 g/mol. The van der Waals surface area contributed by atoms with Crippen LogP contribution in [0.1, 0.15) is 25.0 Å². The summed E-state index contributed by atoms with van der Waals surface area (Å²) < 4.78 is 44.2. The Labute approximate surface area is 122 Å². The Kier molecular flexibility index (Phi) is 6.02. The summed E-state index contributed by atoms with van der Waals surface area (Å²) in [6, 6.07) is 3.45. The first-order chi connectivity index (χ1) is 9.79. The molecular formula is C14H20F3N3O. The molecule has 0 aliphatic rings. The molecule has 1 aromatic carbocycles. The Morgan fingerprint density at radius 3 is 2.38 bits per heavy atom. The van der Waals surface area contributed by atoms with Crippen LogP contribution in [0.3, 0.4) is 0 Å². The third-order valence-electron chi connectivity index (χ3n) is 3.16. The number of nitrogens with two attached hydrogens (primary N) is 1. The first kappa shape index (κ1) is 17.3. The van der Waals surface area contributed by atoms with Gasteiger partial charge in [0.2, 0.25) is 0 Å². The summed E-state index contributed by atoms with van der Waals surface area (Å²) in [6.07, 6.45) is -4.57.